The minimum absolute atomic E-state index is 0.244. The van der Waals surface area contributed by atoms with Gasteiger partial charge in [0.05, 0.1) is 5.69 Å². The Labute approximate surface area is 166 Å². The minimum Gasteiger partial charge on any atom is -0.349 e. The van der Waals surface area contributed by atoms with Crippen molar-refractivity contribution in [2.24, 2.45) is 7.05 Å². The van der Waals surface area contributed by atoms with E-state index in [9.17, 15) is 9.18 Å². The monoisotopic (exact) mass is 391 g/mol. The summed E-state index contributed by atoms with van der Waals surface area (Å²) < 4.78 is 16.5. The van der Waals surface area contributed by atoms with E-state index in [-0.39, 0.29) is 11.7 Å². The number of imidazole rings is 1. The van der Waals surface area contributed by atoms with Gasteiger partial charge in [0.15, 0.2) is 11.6 Å². The van der Waals surface area contributed by atoms with E-state index in [0.717, 1.165) is 5.56 Å². The smallest absolute Gasteiger partial charge is 0.269 e. The Morgan fingerprint density at radius 1 is 1.10 bits per heavy atom. The summed E-state index contributed by atoms with van der Waals surface area (Å²) in [5.41, 5.74) is 1.77. The number of amides is 1. The van der Waals surface area contributed by atoms with Crippen LogP contribution < -0.4 is 5.32 Å². The van der Waals surface area contributed by atoms with Gasteiger partial charge in [-0.2, -0.15) is 5.10 Å². The van der Waals surface area contributed by atoms with Crippen molar-refractivity contribution in [3.05, 3.63) is 72.7 Å². The summed E-state index contributed by atoms with van der Waals surface area (Å²) in [6.07, 6.45) is 6.80. The molecule has 0 atom stereocenters. The van der Waals surface area contributed by atoms with Crippen LogP contribution in [0.5, 0.6) is 0 Å². The highest BCUT2D eigenvalue weighted by Gasteiger charge is 2.15. The Hall–Kier alpha value is -3.88. The fraction of sp³-hybridized carbons (Fsp3) is 0.150. The number of rotatable bonds is 6. The molecule has 29 heavy (non-hydrogen) atoms. The van der Waals surface area contributed by atoms with Crippen LogP contribution >= 0.6 is 0 Å². The van der Waals surface area contributed by atoms with Crippen LogP contribution in [0.1, 0.15) is 10.5 Å². The van der Waals surface area contributed by atoms with E-state index in [0.29, 0.717) is 36.1 Å². The SMILES string of the molecule is Cn1nc(-c2ccc(F)cc2)cc1C(=O)NCCn1ccnc1-c1ncccn1. The Bertz CT molecular complexity index is 1120. The van der Waals surface area contributed by atoms with Crippen molar-refractivity contribution in [1.82, 2.24) is 34.6 Å². The van der Waals surface area contributed by atoms with E-state index in [1.54, 1.807) is 49.9 Å². The lowest BCUT2D eigenvalue weighted by Crippen LogP contribution is -2.29. The van der Waals surface area contributed by atoms with E-state index in [1.807, 2.05) is 10.8 Å². The molecule has 1 amide bonds. The van der Waals surface area contributed by atoms with Crippen LogP contribution in [0.2, 0.25) is 0 Å². The second-order valence-corrected chi connectivity index (χ2v) is 6.32. The van der Waals surface area contributed by atoms with Gasteiger partial charge in [-0.15, -0.1) is 0 Å². The number of hydrogen-bond donors (Lipinski definition) is 1. The second-order valence-electron chi connectivity index (χ2n) is 6.32. The molecule has 1 N–H and O–H groups in total. The zero-order valence-electron chi connectivity index (χ0n) is 15.7. The first-order valence-corrected chi connectivity index (χ1v) is 8.98. The normalized spacial score (nSPS) is 10.8. The molecular weight excluding hydrogens is 373 g/mol. The number of nitrogens with zero attached hydrogens (tertiary/aromatic N) is 6. The molecule has 4 aromatic rings. The Morgan fingerprint density at radius 3 is 2.62 bits per heavy atom. The zero-order chi connectivity index (χ0) is 20.2. The van der Waals surface area contributed by atoms with Gasteiger partial charge in [-0.25, -0.2) is 19.3 Å². The highest BCUT2D eigenvalue weighted by atomic mass is 19.1. The number of carbonyl (C=O) groups is 1. The summed E-state index contributed by atoms with van der Waals surface area (Å²) >= 11 is 0. The summed E-state index contributed by atoms with van der Waals surface area (Å²) in [4.78, 5) is 25.3. The van der Waals surface area contributed by atoms with Crippen molar-refractivity contribution >= 4 is 5.91 Å². The quantitative estimate of drug-likeness (QED) is 0.545. The van der Waals surface area contributed by atoms with E-state index < -0.39 is 0 Å². The first-order valence-electron chi connectivity index (χ1n) is 8.98. The van der Waals surface area contributed by atoms with Crippen LogP contribution in [-0.4, -0.2) is 41.8 Å². The molecule has 0 fully saturated rings. The number of halogens is 1. The van der Waals surface area contributed by atoms with Gasteiger partial charge in [-0.05, 0) is 36.4 Å². The van der Waals surface area contributed by atoms with E-state index in [2.05, 4.69) is 25.4 Å². The Morgan fingerprint density at radius 2 is 1.86 bits per heavy atom. The predicted molar refractivity (Wildman–Crippen MR) is 104 cm³/mol. The molecule has 0 aliphatic carbocycles. The third-order valence-corrected chi connectivity index (χ3v) is 4.37. The molecule has 3 aromatic heterocycles. The maximum Gasteiger partial charge on any atom is 0.269 e. The molecule has 0 bridgehead atoms. The largest absolute Gasteiger partial charge is 0.349 e. The maximum atomic E-state index is 13.1. The van der Waals surface area contributed by atoms with Crippen molar-refractivity contribution in [1.29, 1.82) is 0 Å². The van der Waals surface area contributed by atoms with Crippen molar-refractivity contribution in [2.75, 3.05) is 6.54 Å². The highest BCUT2D eigenvalue weighted by molar-refractivity contribution is 5.93. The molecule has 0 aliphatic rings. The second kappa shape index (κ2) is 8.01. The first kappa shape index (κ1) is 18.5. The molecule has 8 nitrogen and oxygen atoms in total. The molecule has 1 aromatic carbocycles. The summed E-state index contributed by atoms with van der Waals surface area (Å²) in [5, 5.41) is 7.23. The number of aryl methyl sites for hydroxylation is 1. The van der Waals surface area contributed by atoms with E-state index >= 15 is 0 Å². The van der Waals surface area contributed by atoms with Gasteiger partial charge >= 0.3 is 0 Å². The predicted octanol–water partition coefficient (Wildman–Crippen LogP) is 2.31. The van der Waals surface area contributed by atoms with Crippen molar-refractivity contribution in [2.45, 2.75) is 6.54 Å². The third-order valence-electron chi connectivity index (χ3n) is 4.37. The molecule has 0 unspecified atom stereocenters. The fourth-order valence-electron chi connectivity index (χ4n) is 2.93. The lowest BCUT2D eigenvalue weighted by Gasteiger charge is -2.08. The lowest BCUT2D eigenvalue weighted by molar-refractivity contribution is 0.0943. The Balaban J connectivity index is 1.41. The molecule has 0 spiro atoms. The van der Waals surface area contributed by atoms with E-state index in [4.69, 9.17) is 0 Å². The van der Waals surface area contributed by atoms with Crippen molar-refractivity contribution < 1.29 is 9.18 Å². The van der Waals surface area contributed by atoms with Crippen LogP contribution in [0.3, 0.4) is 0 Å². The molecule has 146 valence electrons. The van der Waals surface area contributed by atoms with Gasteiger partial charge in [-0.1, -0.05) is 0 Å². The van der Waals surface area contributed by atoms with Crippen LogP contribution in [0.4, 0.5) is 4.39 Å². The number of nitrogens with one attached hydrogen (secondary N) is 1. The van der Waals surface area contributed by atoms with Crippen molar-refractivity contribution in [3.63, 3.8) is 0 Å². The molecule has 9 heteroatoms. The van der Waals surface area contributed by atoms with Crippen LogP contribution in [0.15, 0.2) is 61.2 Å². The molecule has 0 saturated heterocycles. The number of hydrogen-bond acceptors (Lipinski definition) is 5. The highest BCUT2D eigenvalue weighted by Crippen LogP contribution is 2.19. The van der Waals surface area contributed by atoms with Gasteiger partial charge in [0, 0.05) is 50.5 Å². The standard InChI is InChI=1S/C20H18FN7O/c1-27-17(13-16(26-27)14-3-5-15(21)6-4-14)20(29)25-10-12-28-11-9-24-19(28)18-22-7-2-8-23-18/h2-9,11,13H,10,12H2,1H3,(H,25,29). The van der Waals surface area contributed by atoms with Gasteiger partial charge in [0.2, 0.25) is 0 Å². The van der Waals surface area contributed by atoms with Crippen LogP contribution in [-0.2, 0) is 13.6 Å². The Kier molecular flexibility index (Phi) is 5.10. The molecule has 3 heterocycles. The van der Waals surface area contributed by atoms with Crippen molar-refractivity contribution in [3.8, 4) is 22.9 Å². The van der Waals surface area contributed by atoms with Gasteiger partial charge < -0.3 is 9.88 Å². The maximum absolute atomic E-state index is 13.1. The zero-order valence-corrected chi connectivity index (χ0v) is 15.7. The summed E-state index contributed by atoms with van der Waals surface area (Å²) in [7, 11) is 1.70. The molecular formula is C20H18FN7O. The summed E-state index contributed by atoms with van der Waals surface area (Å²) in [5.74, 6) is 0.604. The number of aromatic nitrogens is 6. The average Bonchev–Trinajstić information content (AvgIpc) is 3.36. The first-order chi connectivity index (χ1) is 14.1. The third kappa shape index (κ3) is 4.03. The van der Waals surface area contributed by atoms with Gasteiger partial charge in [0.1, 0.15) is 11.5 Å². The van der Waals surface area contributed by atoms with Crippen LogP contribution in [0, 0.1) is 5.82 Å². The number of carbonyl (C=O) groups excluding carboxylic acids is 1. The average molecular weight is 391 g/mol. The minimum atomic E-state index is -0.317. The van der Waals surface area contributed by atoms with Gasteiger partial charge in [0.25, 0.3) is 5.91 Å². The molecule has 0 radical (unpaired) electrons. The molecule has 0 aliphatic heterocycles. The lowest BCUT2D eigenvalue weighted by atomic mass is 10.1. The van der Waals surface area contributed by atoms with Gasteiger partial charge in [-0.3, -0.25) is 9.48 Å². The number of benzene rings is 1. The van der Waals surface area contributed by atoms with E-state index in [1.165, 1.54) is 16.8 Å². The summed E-state index contributed by atoms with van der Waals surface area (Å²) in [6.45, 7) is 0.911. The topological polar surface area (TPSA) is 90.5 Å². The summed E-state index contributed by atoms with van der Waals surface area (Å²) in [6, 6.07) is 9.41. The van der Waals surface area contributed by atoms with Crippen LogP contribution in [0.25, 0.3) is 22.9 Å². The molecule has 4 rings (SSSR count). The molecule has 0 saturated carbocycles. The fourth-order valence-corrected chi connectivity index (χ4v) is 2.93.